The molecule has 7 nitrogen and oxygen atoms in total. The predicted molar refractivity (Wildman–Crippen MR) is 109 cm³/mol. The third-order valence-corrected chi connectivity index (χ3v) is 6.52. The van der Waals surface area contributed by atoms with Crippen LogP contribution < -0.4 is 5.32 Å². The number of benzene rings is 2. The van der Waals surface area contributed by atoms with Crippen LogP contribution >= 0.6 is 0 Å². The van der Waals surface area contributed by atoms with Crippen molar-refractivity contribution >= 4 is 27.6 Å². The summed E-state index contributed by atoms with van der Waals surface area (Å²) in [5.41, 5.74) is 1.14. The zero-order chi connectivity index (χ0) is 20.7. The molecule has 0 unspecified atom stereocenters. The molecule has 0 atom stereocenters. The summed E-state index contributed by atoms with van der Waals surface area (Å²) in [6, 6.07) is 15.2. The SMILES string of the molecule is O=C(COC(=O)Cc1ccccc1)Nc1cccc(S(=O)(=O)N2CCCCC2)c1. The second-order valence-electron chi connectivity index (χ2n) is 6.86. The number of carbonyl (C=O) groups excluding carboxylic acids is 2. The second kappa shape index (κ2) is 9.67. The lowest BCUT2D eigenvalue weighted by atomic mass is 10.2. The summed E-state index contributed by atoms with van der Waals surface area (Å²) >= 11 is 0. The Morgan fingerprint density at radius 1 is 0.966 bits per heavy atom. The number of piperidine rings is 1. The van der Waals surface area contributed by atoms with Crippen molar-refractivity contribution in [1.29, 1.82) is 0 Å². The molecule has 0 radical (unpaired) electrons. The maximum Gasteiger partial charge on any atom is 0.310 e. The molecule has 8 heteroatoms. The van der Waals surface area contributed by atoms with Crippen molar-refractivity contribution in [2.75, 3.05) is 25.0 Å². The monoisotopic (exact) mass is 416 g/mol. The van der Waals surface area contributed by atoms with Crippen molar-refractivity contribution < 1.29 is 22.7 Å². The fourth-order valence-electron chi connectivity index (χ4n) is 3.15. The molecule has 1 aliphatic heterocycles. The zero-order valence-corrected chi connectivity index (χ0v) is 16.9. The van der Waals surface area contributed by atoms with Gasteiger partial charge in [-0.15, -0.1) is 0 Å². The van der Waals surface area contributed by atoms with E-state index < -0.39 is 28.5 Å². The van der Waals surface area contributed by atoms with Crippen LogP contribution in [0.15, 0.2) is 59.5 Å². The Labute approximate surface area is 170 Å². The number of nitrogens with one attached hydrogen (secondary N) is 1. The smallest absolute Gasteiger partial charge is 0.310 e. The van der Waals surface area contributed by atoms with Crippen molar-refractivity contribution in [3.63, 3.8) is 0 Å². The van der Waals surface area contributed by atoms with E-state index >= 15 is 0 Å². The highest BCUT2D eigenvalue weighted by molar-refractivity contribution is 7.89. The first-order chi connectivity index (χ1) is 13.9. The molecule has 0 bridgehead atoms. The average molecular weight is 416 g/mol. The Hall–Kier alpha value is -2.71. The molecular formula is C21H24N2O5S. The molecule has 1 fully saturated rings. The van der Waals surface area contributed by atoms with Gasteiger partial charge in [0.2, 0.25) is 10.0 Å². The van der Waals surface area contributed by atoms with E-state index in [-0.39, 0.29) is 11.3 Å². The van der Waals surface area contributed by atoms with E-state index in [4.69, 9.17) is 4.74 Å². The lowest BCUT2D eigenvalue weighted by Gasteiger charge is -2.26. The van der Waals surface area contributed by atoms with Crippen LogP contribution in [-0.2, 0) is 30.8 Å². The number of sulfonamides is 1. The zero-order valence-electron chi connectivity index (χ0n) is 16.0. The van der Waals surface area contributed by atoms with Gasteiger partial charge in [-0.3, -0.25) is 9.59 Å². The second-order valence-corrected chi connectivity index (χ2v) is 8.80. The fourth-order valence-corrected chi connectivity index (χ4v) is 4.71. The standard InChI is InChI=1S/C21H24N2O5S/c24-20(16-28-21(25)14-17-8-3-1-4-9-17)22-18-10-7-11-19(15-18)29(26,27)23-12-5-2-6-13-23/h1,3-4,7-11,15H,2,5-6,12-14,16H2,(H,22,24). The van der Waals surface area contributed by atoms with E-state index in [1.807, 2.05) is 18.2 Å². The van der Waals surface area contributed by atoms with Gasteiger partial charge in [-0.05, 0) is 36.6 Å². The van der Waals surface area contributed by atoms with Gasteiger partial charge in [0.1, 0.15) is 0 Å². The van der Waals surface area contributed by atoms with E-state index in [1.165, 1.54) is 16.4 Å². The Morgan fingerprint density at radius 3 is 2.41 bits per heavy atom. The largest absolute Gasteiger partial charge is 0.455 e. The number of anilines is 1. The molecule has 29 heavy (non-hydrogen) atoms. The molecule has 1 amide bonds. The lowest BCUT2D eigenvalue weighted by Crippen LogP contribution is -2.35. The minimum Gasteiger partial charge on any atom is -0.455 e. The van der Waals surface area contributed by atoms with Crippen molar-refractivity contribution in [2.45, 2.75) is 30.6 Å². The number of hydrogen-bond donors (Lipinski definition) is 1. The molecule has 1 aliphatic rings. The van der Waals surface area contributed by atoms with Gasteiger partial charge in [-0.25, -0.2) is 8.42 Å². The van der Waals surface area contributed by atoms with E-state index in [1.54, 1.807) is 24.3 Å². The Balaban J connectivity index is 1.55. The summed E-state index contributed by atoms with van der Waals surface area (Å²) in [5, 5.41) is 2.58. The minimum absolute atomic E-state index is 0.0810. The van der Waals surface area contributed by atoms with E-state index in [2.05, 4.69) is 5.32 Å². The number of carbonyl (C=O) groups is 2. The summed E-state index contributed by atoms with van der Waals surface area (Å²) in [5.74, 6) is -1.04. The van der Waals surface area contributed by atoms with E-state index in [9.17, 15) is 18.0 Å². The lowest BCUT2D eigenvalue weighted by molar-refractivity contribution is -0.146. The minimum atomic E-state index is -3.58. The highest BCUT2D eigenvalue weighted by Crippen LogP contribution is 2.22. The molecule has 1 N–H and O–H groups in total. The average Bonchev–Trinajstić information content (AvgIpc) is 2.74. The van der Waals surface area contributed by atoms with Gasteiger partial charge in [0, 0.05) is 18.8 Å². The molecule has 0 saturated carbocycles. The molecule has 1 heterocycles. The molecule has 154 valence electrons. The first-order valence-electron chi connectivity index (χ1n) is 9.55. The van der Waals surface area contributed by atoms with E-state index in [0.29, 0.717) is 18.8 Å². The molecule has 2 aromatic carbocycles. The Morgan fingerprint density at radius 2 is 1.69 bits per heavy atom. The summed E-state index contributed by atoms with van der Waals surface area (Å²) in [6.07, 6.45) is 2.82. The third-order valence-electron chi connectivity index (χ3n) is 4.63. The number of nitrogens with zero attached hydrogens (tertiary/aromatic N) is 1. The quantitative estimate of drug-likeness (QED) is 0.701. The Kier molecular flexibility index (Phi) is 7.00. The highest BCUT2D eigenvalue weighted by Gasteiger charge is 2.26. The van der Waals surface area contributed by atoms with Gasteiger partial charge in [-0.2, -0.15) is 4.31 Å². The fraction of sp³-hybridized carbons (Fsp3) is 0.333. The van der Waals surface area contributed by atoms with Gasteiger partial charge in [0.05, 0.1) is 11.3 Å². The van der Waals surface area contributed by atoms with Gasteiger partial charge >= 0.3 is 5.97 Å². The van der Waals surface area contributed by atoms with Crippen molar-refractivity contribution in [3.8, 4) is 0 Å². The maximum absolute atomic E-state index is 12.8. The molecule has 1 saturated heterocycles. The van der Waals surface area contributed by atoms with Gasteiger partial charge < -0.3 is 10.1 Å². The van der Waals surface area contributed by atoms with Crippen LogP contribution in [0.3, 0.4) is 0 Å². The van der Waals surface area contributed by atoms with Crippen molar-refractivity contribution in [2.24, 2.45) is 0 Å². The van der Waals surface area contributed by atoms with Crippen LogP contribution in [-0.4, -0.2) is 44.3 Å². The van der Waals surface area contributed by atoms with Gasteiger partial charge in [0.15, 0.2) is 6.61 Å². The van der Waals surface area contributed by atoms with Crippen LogP contribution in [0.1, 0.15) is 24.8 Å². The number of rotatable bonds is 7. The van der Waals surface area contributed by atoms with E-state index in [0.717, 1.165) is 24.8 Å². The first kappa shape index (κ1) is 21.0. The first-order valence-corrected chi connectivity index (χ1v) is 11.0. The van der Waals surface area contributed by atoms with Crippen LogP contribution in [0.5, 0.6) is 0 Å². The van der Waals surface area contributed by atoms with Crippen molar-refractivity contribution in [1.82, 2.24) is 4.31 Å². The molecule has 2 aromatic rings. The maximum atomic E-state index is 12.8. The number of esters is 1. The van der Waals surface area contributed by atoms with Crippen molar-refractivity contribution in [3.05, 3.63) is 60.2 Å². The van der Waals surface area contributed by atoms with Gasteiger partial charge in [-0.1, -0.05) is 42.8 Å². The number of ether oxygens (including phenoxy) is 1. The molecule has 0 aromatic heterocycles. The highest BCUT2D eigenvalue weighted by atomic mass is 32.2. The summed E-state index contributed by atoms with van der Waals surface area (Å²) in [4.78, 5) is 24.1. The number of hydrogen-bond acceptors (Lipinski definition) is 5. The Bertz CT molecular complexity index is 954. The van der Waals surface area contributed by atoms with Crippen LogP contribution in [0.25, 0.3) is 0 Å². The summed E-state index contributed by atoms with van der Waals surface area (Å²) < 4.78 is 32.0. The van der Waals surface area contributed by atoms with Gasteiger partial charge in [0.25, 0.3) is 5.91 Å². The molecule has 0 aliphatic carbocycles. The van der Waals surface area contributed by atoms with Crippen LogP contribution in [0, 0.1) is 0 Å². The summed E-state index contributed by atoms with van der Waals surface area (Å²) in [7, 11) is -3.58. The molecule has 0 spiro atoms. The number of amides is 1. The summed E-state index contributed by atoms with van der Waals surface area (Å²) in [6.45, 7) is 0.585. The molecular weight excluding hydrogens is 392 g/mol. The van der Waals surface area contributed by atoms with Crippen LogP contribution in [0.4, 0.5) is 5.69 Å². The molecule has 3 rings (SSSR count). The topological polar surface area (TPSA) is 92.8 Å². The third kappa shape index (κ3) is 5.88. The normalized spacial score (nSPS) is 14.9. The predicted octanol–water partition coefficient (Wildman–Crippen LogP) is 2.59. The van der Waals surface area contributed by atoms with Crippen LogP contribution in [0.2, 0.25) is 0 Å².